The summed E-state index contributed by atoms with van der Waals surface area (Å²) in [7, 11) is 0. The molecule has 29 heavy (non-hydrogen) atoms. The molecule has 0 saturated carbocycles. The smallest absolute Gasteiger partial charge is 0.255 e. The fraction of sp³-hybridized carbons (Fsp3) is 0.409. The van der Waals surface area contributed by atoms with Crippen LogP contribution in [0.2, 0.25) is 5.02 Å². The highest BCUT2D eigenvalue weighted by Crippen LogP contribution is 2.23. The van der Waals surface area contributed by atoms with E-state index in [1.165, 1.54) is 6.42 Å². The van der Waals surface area contributed by atoms with Crippen molar-refractivity contribution in [1.29, 1.82) is 0 Å². The Morgan fingerprint density at radius 3 is 2.45 bits per heavy atom. The number of pyridine rings is 1. The highest BCUT2D eigenvalue weighted by Gasteiger charge is 2.19. The summed E-state index contributed by atoms with van der Waals surface area (Å²) in [5, 5.41) is 6.49. The SMILES string of the molecule is CC(C)C(=O)Nc1ccc(CNc2ncc(C(=O)N3CCCCC3)cc2Cl)cc1. The van der Waals surface area contributed by atoms with Crippen LogP contribution in [0.4, 0.5) is 11.5 Å². The van der Waals surface area contributed by atoms with Crippen molar-refractivity contribution in [3.63, 3.8) is 0 Å². The molecule has 0 spiro atoms. The zero-order valence-electron chi connectivity index (χ0n) is 16.9. The van der Waals surface area contributed by atoms with Gasteiger partial charge in [0.1, 0.15) is 5.82 Å². The van der Waals surface area contributed by atoms with Gasteiger partial charge in [-0.25, -0.2) is 4.98 Å². The van der Waals surface area contributed by atoms with Crippen LogP contribution in [0.5, 0.6) is 0 Å². The van der Waals surface area contributed by atoms with Gasteiger partial charge < -0.3 is 15.5 Å². The number of hydrogen-bond acceptors (Lipinski definition) is 4. The molecule has 1 saturated heterocycles. The second-order valence-corrected chi connectivity index (χ2v) is 8.01. The Hall–Kier alpha value is -2.60. The third-order valence-corrected chi connectivity index (χ3v) is 5.23. The van der Waals surface area contributed by atoms with Crippen LogP contribution in [-0.4, -0.2) is 34.8 Å². The van der Waals surface area contributed by atoms with Crippen molar-refractivity contribution < 1.29 is 9.59 Å². The first kappa shape index (κ1) is 21.1. The van der Waals surface area contributed by atoms with Gasteiger partial charge in [0.15, 0.2) is 0 Å². The van der Waals surface area contributed by atoms with Crippen molar-refractivity contribution in [3.8, 4) is 0 Å². The Bertz CT molecular complexity index is 862. The quantitative estimate of drug-likeness (QED) is 0.726. The van der Waals surface area contributed by atoms with E-state index in [1.807, 2.05) is 43.0 Å². The average molecular weight is 415 g/mol. The van der Waals surface area contributed by atoms with Gasteiger partial charge in [0.05, 0.1) is 10.6 Å². The van der Waals surface area contributed by atoms with Gasteiger partial charge in [-0.1, -0.05) is 37.6 Å². The summed E-state index contributed by atoms with van der Waals surface area (Å²) in [6.07, 6.45) is 4.85. The first-order valence-electron chi connectivity index (χ1n) is 10.0. The van der Waals surface area contributed by atoms with E-state index in [1.54, 1.807) is 12.3 Å². The number of likely N-dealkylation sites (tertiary alicyclic amines) is 1. The maximum Gasteiger partial charge on any atom is 0.255 e. The Morgan fingerprint density at radius 1 is 1.14 bits per heavy atom. The van der Waals surface area contributed by atoms with Crippen LogP contribution in [0.3, 0.4) is 0 Å². The van der Waals surface area contributed by atoms with E-state index in [9.17, 15) is 9.59 Å². The normalized spacial score (nSPS) is 14.0. The van der Waals surface area contributed by atoms with Gasteiger partial charge in [-0.2, -0.15) is 0 Å². The molecule has 0 unspecified atom stereocenters. The van der Waals surface area contributed by atoms with E-state index in [-0.39, 0.29) is 17.7 Å². The summed E-state index contributed by atoms with van der Waals surface area (Å²) < 4.78 is 0. The fourth-order valence-corrected chi connectivity index (χ4v) is 3.38. The third kappa shape index (κ3) is 5.70. The van der Waals surface area contributed by atoms with Crippen LogP contribution in [0.25, 0.3) is 0 Å². The molecule has 0 bridgehead atoms. The highest BCUT2D eigenvalue weighted by atomic mass is 35.5. The van der Waals surface area contributed by atoms with E-state index >= 15 is 0 Å². The average Bonchev–Trinajstić information content (AvgIpc) is 2.74. The van der Waals surface area contributed by atoms with Gasteiger partial charge in [-0.3, -0.25) is 9.59 Å². The summed E-state index contributed by atoms with van der Waals surface area (Å²) >= 11 is 6.35. The fourth-order valence-electron chi connectivity index (χ4n) is 3.14. The molecule has 2 aromatic rings. The van der Waals surface area contributed by atoms with Crippen molar-refractivity contribution in [2.24, 2.45) is 5.92 Å². The number of nitrogens with one attached hydrogen (secondary N) is 2. The van der Waals surface area contributed by atoms with E-state index in [0.29, 0.717) is 22.9 Å². The molecule has 1 aliphatic heterocycles. The number of anilines is 2. The van der Waals surface area contributed by atoms with Crippen LogP contribution >= 0.6 is 11.6 Å². The largest absolute Gasteiger partial charge is 0.365 e. The molecule has 2 N–H and O–H groups in total. The predicted octanol–water partition coefficient (Wildman–Crippen LogP) is 4.57. The Labute approximate surface area is 176 Å². The Balaban J connectivity index is 1.58. The lowest BCUT2D eigenvalue weighted by Crippen LogP contribution is -2.35. The summed E-state index contributed by atoms with van der Waals surface area (Å²) in [6, 6.07) is 9.29. The van der Waals surface area contributed by atoms with Crippen LogP contribution < -0.4 is 10.6 Å². The number of carbonyl (C=O) groups is 2. The summed E-state index contributed by atoms with van der Waals surface area (Å²) in [5.41, 5.74) is 2.32. The molecular formula is C22H27ClN4O2. The van der Waals surface area contributed by atoms with Crippen LogP contribution in [-0.2, 0) is 11.3 Å². The number of nitrogens with zero attached hydrogens (tertiary/aromatic N) is 2. The maximum atomic E-state index is 12.6. The van der Waals surface area contributed by atoms with Gasteiger partial charge in [0.25, 0.3) is 5.91 Å². The molecule has 0 aliphatic carbocycles. The van der Waals surface area contributed by atoms with Gasteiger partial charge >= 0.3 is 0 Å². The van der Waals surface area contributed by atoms with Crippen LogP contribution in [0.15, 0.2) is 36.5 Å². The minimum absolute atomic E-state index is 0.00829. The Morgan fingerprint density at radius 2 is 1.83 bits per heavy atom. The second kappa shape index (κ2) is 9.74. The van der Waals surface area contributed by atoms with Crippen molar-refractivity contribution in [2.45, 2.75) is 39.7 Å². The molecule has 0 radical (unpaired) electrons. The molecule has 154 valence electrons. The summed E-state index contributed by atoms with van der Waals surface area (Å²) in [4.78, 5) is 30.5. The summed E-state index contributed by atoms with van der Waals surface area (Å²) in [5.74, 6) is 0.462. The number of piperidine rings is 1. The minimum atomic E-state index is -0.0608. The number of aromatic nitrogens is 1. The molecule has 2 amide bonds. The number of rotatable bonds is 6. The first-order chi connectivity index (χ1) is 13.9. The molecular weight excluding hydrogens is 388 g/mol. The molecule has 6 nitrogen and oxygen atoms in total. The first-order valence-corrected chi connectivity index (χ1v) is 10.4. The highest BCUT2D eigenvalue weighted by molar-refractivity contribution is 6.33. The van der Waals surface area contributed by atoms with Crippen molar-refractivity contribution in [2.75, 3.05) is 23.7 Å². The minimum Gasteiger partial charge on any atom is -0.365 e. The zero-order valence-corrected chi connectivity index (χ0v) is 17.6. The standard InChI is InChI=1S/C22H27ClN4O2/c1-15(2)21(28)26-18-8-6-16(7-9-18)13-24-20-19(23)12-17(14-25-20)22(29)27-10-4-3-5-11-27/h6-9,12,14-15H,3-5,10-11,13H2,1-2H3,(H,24,25)(H,26,28). The lowest BCUT2D eigenvalue weighted by molar-refractivity contribution is -0.118. The second-order valence-electron chi connectivity index (χ2n) is 7.60. The molecule has 1 aromatic heterocycles. The monoisotopic (exact) mass is 414 g/mol. The van der Waals surface area contributed by atoms with Crippen molar-refractivity contribution in [1.82, 2.24) is 9.88 Å². The van der Waals surface area contributed by atoms with Gasteiger partial charge in [0, 0.05) is 37.4 Å². The van der Waals surface area contributed by atoms with Gasteiger partial charge in [-0.15, -0.1) is 0 Å². The van der Waals surface area contributed by atoms with Crippen molar-refractivity contribution >= 4 is 34.9 Å². The summed E-state index contributed by atoms with van der Waals surface area (Å²) in [6.45, 7) is 5.84. The van der Waals surface area contributed by atoms with Crippen LogP contribution in [0, 0.1) is 5.92 Å². The zero-order chi connectivity index (χ0) is 20.8. The molecule has 1 aliphatic rings. The lowest BCUT2D eigenvalue weighted by atomic mass is 10.1. The number of carbonyl (C=O) groups excluding carboxylic acids is 2. The molecule has 2 heterocycles. The number of halogens is 1. The lowest BCUT2D eigenvalue weighted by Gasteiger charge is -2.26. The van der Waals surface area contributed by atoms with Crippen LogP contribution in [0.1, 0.15) is 49.0 Å². The van der Waals surface area contributed by atoms with E-state index < -0.39 is 0 Å². The molecule has 0 atom stereocenters. The molecule has 7 heteroatoms. The molecule has 1 fully saturated rings. The van der Waals surface area contributed by atoms with E-state index in [4.69, 9.17) is 11.6 Å². The third-order valence-electron chi connectivity index (χ3n) is 4.94. The maximum absolute atomic E-state index is 12.6. The van der Waals surface area contributed by atoms with Gasteiger partial charge in [0.2, 0.25) is 5.91 Å². The van der Waals surface area contributed by atoms with Crippen molar-refractivity contribution in [3.05, 3.63) is 52.7 Å². The number of hydrogen-bond donors (Lipinski definition) is 2. The predicted molar refractivity (Wildman–Crippen MR) is 116 cm³/mol. The number of benzene rings is 1. The molecule has 1 aromatic carbocycles. The van der Waals surface area contributed by atoms with E-state index in [0.717, 1.165) is 37.2 Å². The Kier molecular flexibility index (Phi) is 7.09. The molecule has 3 rings (SSSR count). The topological polar surface area (TPSA) is 74.3 Å². The number of amides is 2. The van der Waals surface area contributed by atoms with Gasteiger partial charge in [-0.05, 0) is 43.0 Å². The van der Waals surface area contributed by atoms with E-state index in [2.05, 4.69) is 15.6 Å².